The van der Waals surface area contributed by atoms with Gasteiger partial charge in [-0.05, 0) is 13.8 Å². The molecule has 2 heterocycles. The molecule has 0 amide bonds. The van der Waals surface area contributed by atoms with Gasteiger partial charge in [0.2, 0.25) is 0 Å². The Kier molecular flexibility index (Phi) is 4.48. The van der Waals surface area contributed by atoms with Gasteiger partial charge in [0, 0.05) is 19.8 Å². The van der Waals surface area contributed by atoms with Gasteiger partial charge in [-0.15, -0.1) is 0 Å². The molecule has 8 nitrogen and oxygen atoms in total. The Bertz CT molecular complexity index is 549. The zero-order chi connectivity index (χ0) is 14.6. The molecule has 0 radical (unpaired) electrons. The van der Waals surface area contributed by atoms with Gasteiger partial charge in [0.05, 0.1) is 6.61 Å². The molecule has 8 heteroatoms. The molecule has 1 unspecified atom stereocenters. The van der Waals surface area contributed by atoms with Crippen LogP contribution in [0.25, 0.3) is 11.6 Å². The fraction of sp³-hybridized carbons (Fsp3) is 0.583. The second-order valence-corrected chi connectivity index (χ2v) is 4.59. The molecule has 0 aliphatic rings. The molecule has 0 aromatic carbocycles. The fourth-order valence-electron chi connectivity index (χ4n) is 1.56. The first-order valence-corrected chi connectivity index (χ1v) is 6.22. The van der Waals surface area contributed by atoms with Crippen LogP contribution in [0.2, 0.25) is 0 Å². The summed E-state index contributed by atoms with van der Waals surface area (Å²) < 4.78 is 20.5. The quantitative estimate of drug-likeness (QED) is 0.803. The Morgan fingerprint density at radius 3 is 2.85 bits per heavy atom. The molecule has 0 saturated carbocycles. The van der Waals surface area contributed by atoms with E-state index in [-0.39, 0.29) is 5.89 Å². The number of hydrogen-bond acceptors (Lipinski definition) is 8. The molecule has 2 N–H and O–H groups in total. The van der Waals surface area contributed by atoms with E-state index in [1.54, 1.807) is 20.1 Å². The van der Waals surface area contributed by atoms with Crippen LogP contribution in [0.5, 0.6) is 0 Å². The molecule has 0 spiro atoms. The molecule has 110 valence electrons. The van der Waals surface area contributed by atoms with Crippen molar-refractivity contribution in [1.29, 1.82) is 0 Å². The van der Waals surface area contributed by atoms with Crippen LogP contribution >= 0.6 is 0 Å². The summed E-state index contributed by atoms with van der Waals surface area (Å²) in [6, 6.07) is 1.68. The minimum absolute atomic E-state index is 0.249. The number of hydrogen-bond donors (Lipinski definition) is 1. The van der Waals surface area contributed by atoms with Crippen molar-refractivity contribution in [2.24, 2.45) is 5.73 Å². The normalized spacial score (nSPS) is 14.4. The Morgan fingerprint density at radius 1 is 1.35 bits per heavy atom. The first-order valence-electron chi connectivity index (χ1n) is 6.22. The second kappa shape index (κ2) is 6.12. The highest BCUT2D eigenvalue weighted by atomic mass is 16.5. The van der Waals surface area contributed by atoms with Gasteiger partial charge in [-0.2, -0.15) is 4.98 Å². The summed E-state index contributed by atoms with van der Waals surface area (Å²) in [7, 11) is 1.57. The third-order valence-electron chi connectivity index (χ3n) is 2.61. The van der Waals surface area contributed by atoms with Gasteiger partial charge >= 0.3 is 0 Å². The average Bonchev–Trinajstić information content (AvgIpc) is 3.05. The Morgan fingerprint density at radius 2 is 2.15 bits per heavy atom. The largest absolute Gasteiger partial charge is 0.379 e. The van der Waals surface area contributed by atoms with Crippen LogP contribution in [-0.2, 0) is 21.6 Å². The lowest BCUT2D eigenvalue weighted by Crippen LogP contribution is -2.39. The van der Waals surface area contributed by atoms with Gasteiger partial charge < -0.3 is 24.3 Å². The van der Waals surface area contributed by atoms with Crippen LogP contribution < -0.4 is 5.73 Å². The maximum Gasteiger partial charge on any atom is 0.280 e. The standard InChI is InChI=1S/C12H18N4O4/c1-4-18-7-12(2,13)11-14-10(20-16-11)9-5-8(6-17-3)19-15-9/h5H,4,6-7,13H2,1-3H3. The van der Waals surface area contributed by atoms with Crippen LogP contribution in [0.15, 0.2) is 15.1 Å². The van der Waals surface area contributed by atoms with Crippen LogP contribution in [0.4, 0.5) is 0 Å². The minimum Gasteiger partial charge on any atom is -0.379 e. The zero-order valence-corrected chi connectivity index (χ0v) is 11.8. The molecule has 0 aliphatic carbocycles. The summed E-state index contributed by atoms with van der Waals surface area (Å²) in [6.45, 7) is 4.87. The molecule has 0 saturated heterocycles. The predicted molar refractivity (Wildman–Crippen MR) is 68.5 cm³/mol. The highest BCUT2D eigenvalue weighted by Gasteiger charge is 2.28. The number of aromatic nitrogens is 3. The number of methoxy groups -OCH3 is 1. The number of nitrogens with two attached hydrogens (primary N) is 1. The lowest BCUT2D eigenvalue weighted by atomic mass is 10.1. The molecule has 2 rings (SSSR count). The second-order valence-electron chi connectivity index (χ2n) is 4.59. The molecule has 0 bridgehead atoms. The van der Waals surface area contributed by atoms with E-state index < -0.39 is 5.54 Å². The van der Waals surface area contributed by atoms with E-state index in [0.717, 1.165) is 0 Å². The van der Waals surface area contributed by atoms with E-state index in [2.05, 4.69) is 15.3 Å². The minimum atomic E-state index is -0.823. The van der Waals surface area contributed by atoms with Crippen LogP contribution in [0.1, 0.15) is 25.4 Å². The molecular formula is C12H18N4O4. The number of nitrogens with zero attached hydrogens (tertiary/aromatic N) is 3. The van der Waals surface area contributed by atoms with Crippen molar-refractivity contribution in [2.45, 2.75) is 26.0 Å². The Balaban J connectivity index is 2.15. The van der Waals surface area contributed by atoms with Crippen molar-refractivity contribution >= 4 is 0 Å². The van der Waals surface area contributed by atoms with E-state index in [1.807, 2.05) is 6.92 Å². The first-order chi connectivity index (χ1) is 9.56. The van der Waals surface area contributed by atoms with Crippen molar-refractivity contribution in [3.05, 3.63) is 17.7 Å². The van der Waals surface area contributed by atoms with Crippen LogP contribution in [0.3, 0.4) is 0 Å². The molecule has 20 heavy (non-hydrogen) atoms. The third kappa shape index (κ3) is 3.21. The Labute approximate surface area is 116 Å². The third-order valence-corrected chi connectivity index (χ3v) is 2.61. The van der Waals surface area contributed by atoms with Crippen molar-refractivity contribution in [3.63, 3.8) is 0 Å². The molecular weight excluding hydrogens is 264 g/mol. The average molecular weight is 282 g/mol. The van der Waals surface area contributed by atoms with Gasteiger partial charge in [0.1, 0.15) is 12.1 Å². The summed E-state index contributed by atoms with van der Waals surface area (Å²) in [4.78, 5) is 4.23. The van der Waals surface area contributed by atoms with E-state index >= 15 is 0 Å². The molecule has 1 atom stereocenters. The van der Waals surface area contributed by atoms with Crippen molar-refractivity contribution in [3.8, 4) is 11.6 Å². The number of rotatable bonds is 7. The number of ether oxygens (including phenoxy) is 2. The summed E-state index contributed by atoms with van der Waals surface area (Å²) in [5.74, 6) is 1.18. The van der Waals surface area contributed by atoms with Gasteiger partial charge in [-0.3, -0.25) is 0 Å². The lowest BCUT2D eigenvalue weighted by molar-refractivity contribution is 0.0962. The van der Waals surface area contributed by atoms with Gasteiger partial charge in [-0.25, -0.2) is 0 Å². The van der Waals surface area contributed by atoms with Crippen molar-refractivity contribution in [1.82, 2.24) is 15.3 Å². The maximum absolute atomic E-state index is 6.09. The summed E-state index contributed by atoms with van der Waals surface area (Å²) >= 11 is 0. The highest BCUT2D eigenvalue weighted by Crippen LogP contribution is 2.21. The summed E-state index contributed by atoms with van der Waals surface area (Å²) in [5, 5.41) is 7.71. The van der Waals surface area contributed by atoms with Crippen LogP contribution in [-0.4, -0.2) is 35.6 Å². The van der Waals surface area contributed by atoms with Gasteiger partial charge in [0.15, 0.2) is 17.3 Å². The van der Waals surface area contributed by atoms with E-state index in [4.69, 9.17) is 24.3 Å². The first kappa shape index (κ1) is 14.6. The van der Waals surface area contributed by atoms with Gasteiger partial charge in [-0.1, -0.05) is 10.3 Å². The molecule has 0 fully saturated rings. The molecule has 0 aliphatic heterocycles. The topological polar surface area (TPSA) is 109 Å². The van der Waals surface area contributed by atoms with E-state index in [0.29, 0.717) is 37.1 Å². The van der Waals surface area contributed by atoms with Crippen molar-refractivity contribution in [2.75, 3.05) is 20.3 Å². The Hall–Kier alpha value is -1.77. The summed E-state index contributed by atoms with van der Waals surface area (Å²) in [5.41, 5.74) is 5.72. The van der Waals surface area contributed by atoms with Gasteiger partial charge in [0.25, 0.3) is 5.89 Å². The smallest absolute Gasteiger partial charge is 0.280 e. The molecule has 2 aromatic rings. The van der Waals surface area contributed by atoms with Crippen molar-refractivity contribution < 1.29 is 18.5 Å². The predicted octanol–water partition coefficient (Wildman–Crippen LogP) is 1.08. The highest BCUT2D eigenvalue weighted by molar-refractivity contribution is 5.45. The zero-order valence-electron chi connectivity index (χ0n) is 11.8. The SMILES string of the molecule is CCOCC(C)(N)c1noc(-c2cc(COC)on2)n1. The van der Waals surface area contributed by atoms with Crippen LogP contribution in [0, 0.1) is 0 Å². The lowest BCUT2D eigenvalue weighted by Gasteiger charge is -2.19. The monoisotopic (exact) mass is 282 g/mol. The fourth-order valence-corrected chi connectivity index (χ4v) is 1.56. The molecule has 2 aromatic heterocycles. The van der Waals surface area contributed by atoms with E-state index in [1.165, 1.54) is 0 Å². The van der Waals surface area contributed by atoms with E-state index in [9.17, 15) is 0 Å². The maximum atomic E-state index is 6.09. The summed E-state index contributed by atoms with van der Waals surface area (Å²) in [6.07, 6.45) is 0.